The first-order valence-electron chi connectivity index (χ1n) is 7.57. The quantitative estimate of drug-likeness (QED) is 0.816. The first-order chi connectivity index (χ1) is 11.0. The molecule has 23 heavy (non-hydrogen) atoms. The summed E-state index contributed by atoms with van der Waals surface area (Å²) in [6.07, 6.45) is 3.18. The molecule has 0 unspecified atom stereocenters. The summed E-state index contributed by atoms with van der Waals surface area (Å²) in [4.78, 5) is 16.7. The maximum atomic E-state index is 12.9. The number of hydrogen-bond donors (Lipinski definition) is 0. The predicted molar refractivity (Wildman–Crippen MR) is 95.1 cm³/mol. The highest BCUT2D eigenvalue weighted by atomic mass is 35.5. The summed E-state index contributed by atoms with van der Waals surface area (Å²) >= 11 is 6.19. The Morgan fingerprint density at radius 1 is 1.09 bits per heavy atom. The molecule has 1 aliphatic heterocycles. The van der Waals surface area contributed by atoms with Crippen LogP contribution in [0.3, 0.4) is 0 Å². The van der Waals surface area contributed by atoms with Crippen LogP contribution in [0.25, 0.3) is 0 Å². The number of benzene rings is 2. The van der Waals surface area contributed by atoms with E-state index in [4.69, 9.17) is 11.6 Å². The number of rotatable bonds is 2. The van der Waals surface area contributed by atoms with Gasteiger partial charge in [0.2, 0.25) is 5.91 Å². The zero-order valence-corrected chi connectivity index (χ0v) is 14.0. The Kier molecular flexibility index (Phi) is 4.39. The van der Waals surface area contributed by atoms with Crippen molar-refractivity contribution in [1.29, 1.82) is 0 Å². The second kappa shape index (κ2) is 6.47. The van der Waals surface area contributed by atoms with Gasteiger partial charge < -0.3 is 4.90 Å². The summed E-state index contributed by atoms with van der Waals surface area (Å²) in [5.74, 6) is 0.0605. The van der Waals surface area contributed by atoms with Crippen molar-refractivity contribution in [2.24, 2.45) is 0 Å². The van der Waals surface area contributed by atoms with Gasteiger partial charge in [-0.2, -0.15) is 0 Å². The third-order valence-corrected chi connectivity index (χ3v) is 4.02. The number of para-hydroxylation sites is 1. The molecular formula is C19H19ClN2O. The SMILES string of the molecule is CN(C)C=C1CC(=O)N(c2ccccc2)c2cc(Cl)ccc2C1. The van der Waals surface area contributed by atoms with E-state index in [0.29, 0.717) is 11.4 Å². The number of carbonyl (C=O) groups excluding carboxylic acids is 1. The molecule has 0 saturated carbocycles. The summed E-state index contributed by atoms with van der Waals surface area (Å²) in [6.45, 7) is 0. The van der Waals surface area contributed by atoms with Crippen LogP contribution in [0.4, 0.5) is 11.4 Å². The molecule has 0 fully saturated rings. The Morgan fingerprint density at radius 2 is 1.83 bits per heavy atom. The Bertz CT molecular complexity index is 753. The van der Waals surface area contributed by atoms with Gasteiger partial charge in [-0.25, -0.2) is 0 Å². The monoisotopic (exact) mass is 326 g/mol. The van der Waals surface area contributed by atoms with E-state index < -0.39 is 0 Å². The number of fused-ring (bicyclic) bond motifs is 1. The molecule has 118 valence electrons. The van der Waals surface area contributed by atoms with E-state index >= 15 is 0 Å². The summed E-state index contributed by atoms with van der Waals surface area (Å²) < 4.78 is 0. The van der Waals surface area contributed by atoms with E-state index in [9.17, 15) is 4.79 Å². The van der Waals surface area contributed by atoms with Crippen molar-refractivity contribution in [2.45, 2.75) is 12.8 Å². The van der Waals surface area contributed by atoms with Gasteiger partial charge in [0.1, 0.15) is 0 Å². The normalized spacial score (nSPS) is 16.2. The second-order valence-corrected chi connectivity index (χ2v) is 6.38. The zero-order chi connectivity index (χ0) is 16.4. The highest BCUT2D eigenvalue weighted by Gasteiger charge is 2.26. The zero-order valence-electron chi connectivity index (χ0n) is 13.3. The van der Waals surface area contributed by atoms with Crippen molar-refractivity contribution in [3.63, 3.8) is 0 Å². The minimum absolute atomic E-state index is 0.0605. The van der Waals surface area contributed by atoms with Crippen LogP contribution in [0, 0.1) is 0 Å². The van der Waals surface area contributed by atoms with Gasteiger partial charge in [0.25, 0.3) is 0 Å². The number of nitrogens with zero attached hydrogens (tertiary/aromatic N) is 2. The smallest absolute Gasteiger partial charge is 0.235 e. The Balaban J connectivity index is 2.14. The molecule has 0 saturated heterocycles. The van der Waals surface area contributed by atoms with Gasteiger partial charge in [-0.1, -0.05) is 35.9 Å². The van der Waals surface area contributed by atoms with Crippen molar-refractivity contribution in [1.82, 2.24) is 4.90 Å². The fourth-order valence-corrected chi connectivity index (χ4v) is 3.09. The van der Waals surface area contributed by atoms with Gasteiger partial charge in [0, 0.05) is 24.8 Å². The molecule has 0 radical (unpaired) electrons. The molecule has 1 aliphatic rings. The molecule has 2 aromatic carbocycles. The molecule has 0 N–H and O–H groups in total. The third kappa shape index (κ3) is 3.40. The highest BCUT2D eigenvalue weighted by Crippen LogP contribution is 2.36. The predicted octanol–water partition coefficient (Wildman–Crippen LogP) is 4.40. The van der Waals surface area contributed by atoms with Gasteiger partial charge in [-0.15, -0.1) is 0 Å². The largest absolute Gasteiger partial charge is 0.384 e. The summed E-state index contributed by atoms with van der Waals surface area (Å²) in [6, 6.07) is 15.5. The molecule has 1 amide bonds. The molecule has 1 heterocycles. The minimum atomic E-state index is 0.0605. The molecule has 0 atom stereocenters. The average Bonchev–Trinajstić information content (AvgIpc) is 2.62. The van der Waals surface area contributed by atoms with Gasteiger partial charge in [0.05, 0.1) is 12.1 Å². The Labute approximate surface area is 141 Å². The van der Waals surface area contributed by atoms with Gasteiger partial charge in [-0.3, -0.25) is 9.69 Å². The van der Waals surface area contributed by atoms with E-state index in [1.165, 1.54) is 0 Å². The van der Waals surface area contributed by atoms with Crippen LogP contribution in [0.15, 0.2) is 60.3 Å². The average molecular weight is 327 g/mol. The number of hydrogen-bond acceptors (Lipinski definition) is 2. The number of anilines is 2. The lowest BCUT2D eigenvalue weighted by Gasteiger charge is -2.23. The van der Waals surface area contributed by atoms with Crippen molar-refractivity contribution < 1.29 is 4.79 Å². The maximum absolute atomic E-state index is 12.9. The molecule has 0 aliphatic carbocycles. The number of halogens is 1. The summed E-state index contributed by atoms with van der Waals surface area (Å²) in [5.41, 5.74) is 3.95. The molecule has 2 aromatic rings. The lowest BCUT2D eigenvalue weighted by Crippen LogP contribution is -2.25. The van der Waals surface area contributed by atoms with Crippen molar-refractivity contribution in [3.8, 4) is 0 Å². The van der Waals surface area contributed by atoms with Gasteiger partial charge in [0.15, 0.2) is 0 Å². The number of amides is 1. The van der Waals surface area contributed by atoms with Gasteiger partial charge in [-0.05, 0) is 48.0 Å². The van der Waals surface area contributed by atoms with E-state index in [1.807, 2.05) is 73.7 Å². The van der Waals surface area contributed by atoms with Crippen LogP contribution in [-0.4, -0.2) is 24.9 Å². The van der Waals surface area contributed by atoms with Crippen LogP contribution in [0.5, 0.6) is 0 Å². The van der Waals surface area contributed by atoms with Crippen molar-refractivity contribution in [3.05, 3.63) is 70.9 Å². The van der Waals surface area contributed by atoms with E-state index in [-0.39, 0.29) is 5.91 Å². The highest BCUT2D eigenvalue weighted by molar-refractivity contribution is 6.31. The fourth-order valence-electron chi connectivity index (χ4n) is 2.93. The molecule has 3 rings (SSSR count). The minimum Gasteiger partial charge on any atom is -0.384 e. The molecule has 3 nitrogen and oxygen atoms in total. The molecule has 4 heteroatoms. The topological polar surface area (TPSA) is 23.6 Å². The van der Waals surface area contributed by atoms with Gasteiger partial charge >= 0.3 is 0 Å². The van der Waals surface area contributed by atoms with Crippen LogP contribution < -0.4 is 4.90 Å². The Morgan fingerprint density at radius 3 is 2.52 bits per heavy atom. The van der Waals surface area contributed by atoms with Crippen LogP contribution >= 0.6 is 11.6 Å². The molecule has 0 aromatic heterocycles. The van der Waals surface area contributed by atoms with Crippen molar-refractivity contribution in [2.75, 3.05) is 19.0 Å². The first-order valence-corrected chi connectivity index (χ1v) is 7.95. The van der Waals surface area contributed by atoms with Crippen LogP contribution in [0.1, 0.15) is 12.0 Å². The lowest BCUT2D eigenvalue weighted by molar-refractivity contribution is -0.117. The van der Waals surface area contributed by atoms with Crippen LogP contribution in [0.2, 0.25) is 5.02 Å². The fraction of sp³-hybridized carbons (Fsp3) is 0.211. The van der Waals surface area contributed by atoms with Crippen LogP contribution in [-0.2, 0) is 11.2 Å². The van der Waals surface area contributed by atoms with E-state index in [0.717, 1.165) is 28.9 Å². The molecule has 0 spiro atoms. The summed E-state index contributed by atoms with van der Waals surface area (Å²) in [7, 11) is 3.94. The van der Waals surface area contributed by atoms with E-state index in [2.05, 4.69) is 0 Å². The summed E-state index contributed by atoms with van der Waals surface area (Å²) in [5, 5.41) is 0.637. The molecular weight excluding hydrogens is 308 g/mol. The number of carbonyl (C=O) groups is 1. The second-order valence-electron chi connectivity index (χ2n) is 5.94. The Hall–Kier alpha value is -2.26. The first kappa shape index (κ1) is 15.6. The van der Waals surface area contributed by atoms with E-state index in [1.54, 1.807) is 4.90 Å². The third-order valence-electron chi connectivity index (χ3n) is 3.79. The standard InChI is InChI=1S/C19H19ClN2O/c1-21(2)13-14-10-15-8-9-16(20)12-18(15)22(19(23)11-14)17-6-4-3-5-7-17/h3-9,12-13H,10-11H2,1-2H3. The lowest BCUT2D eigenvalue weighted by atomic mass is 10.0. The molecule has 0 bridgehead atoms. The van der Waals surface area contributed by atoms with Crippen molar-refractivity contribution >= 4 is 28.9 Å². The maximum Gasteiger partial charge on any atom is 0.235 e.